The van der Waals surface area contributed by atoms with Crippen LogP contribution in [0.3, 0.4) is 0 Å². The van der Waals surface area contributed by atoms with E-state index in [1.165, 1.54) is 0 Å². The third-order valence-corrected chi connectivity index (χ3v) is 3.19. The van der Waals surface area contributed by atoms with Crippen LogP contribution < -0.4 is 0 Å². The maximum Gasteiger partial charge on any atom is 0.208 e. The number of furan rings is 1. The molecule has 0 N–H and O–H groups in total. The third-order valence-electron chi connectivity index (χ3n) is 2.61. The Balaban J connectivity index is 2.91. The number of halogens is 1. The molecule has 0 bridgehead atoms. The van der Waals surface area contributed by atoms with E-state index < -0.39 is 0 Å². The van der Waals surface area contributed by atoms with Gasteiger partial charge in [-0.25, -0.2) is 0 Å². The molecule has 0 aliphatic heterocycles. The predicted octanol–water partition coefficient (Wildman–Crippen LogP) is 4.50. The van der Waals surface area contributed by atoms with Crippen LogP contribution >= 0.6 is 15.9 Å². The molecule has 1 aromatic heterocycles. The minimum Gasteiger partial charge on any atom is -0.444 e. The van der Waals surface area contributed by atoms with Crippen molar-refractivity contribution in [1.29, 1.82) is 5.26 Å². The van der Waals surface area contributed by atoms with Gasteiger partial charge in [0.15, 0.2) is 0 Å². The van der Waals surface area contributed by atoms with Crippen molar-refractivity contribution in [2.45, 2.75) is 26.7 Å². The van der Waals surface area contributed by atoms with E-state index in [1.54, 1.807) is 0 Å². The first-order valence-corrected chi connectivity index (χ1v) is 5.96. The van der Waals surface area contributed by atoms with E-state index in [0.29, 0.717) is 5.76 Å². The average molecular weight is 278 g/mol. The van der Waals surface area contributed by atoms with Crippen LogP contribution in [0, 0.1) is 18.3 Å². The molecule has 1 heterocycles. The predicted molar refractivity (Wildman–Crippen MR) is 67.5 cm³/mol. The van der Waals surface area contributed by atoms with Crippen molar-refractivity contribution in [2.75, 3.05) is 0 Å². The fraction of sp³-hybridized carbons (Fsp3) is 0.308. The lowest BCUT2D eigenvalue weighted by Gasteiger charge is -2.03. The summed E-state index contributed by atoms with van der Waals surface area (Å²) in [6, 6.07) is 6.19. The van der Waals surface area contributed by atoms with Crippen LogP contribution in [-0.2, 0) is 0 Å². The highest BCUT2D eigenvalue weighted by molar-refractivity contribution is 9.10. The average Bonchev–Trinajstić information content (AvgIpc) is 2.56. The minimum absolute atomic E-state index is 0.282. The summed E-state index contributed by atoms with van der Waals surface area (Å²) in [5, 5.41) is 10.1. The van der Waals surface area contributed by atoms with Crippen LogP contribution in [0.1, 0.15) is 36.7 Å². The van der Waals surface area contributed by atoms with Crippen LogP contribution in [0.25, 0.3) is 11.0 Å². The Kier molecular flexibility index (Phi) is 2.77. The summed E-state index contributed by atoms with van der Waals surface area (Å²) in [4.78, 5) is 0. The van der Waals surface area contributed by atoms with Crippen molar-refractivity contribution in [3.05, 3.63) is 33.5 Å². The highest BCUT2D eigenvalue weighted by Gasteiger charge is 2.18. The lowest BCUT2D eigenvalue weighted by Crippen LogP contribution is -1.88. The van der Waals surface area contributed by atoms with E-state index in [1.807, 2.05) is 13.0 Å². The minimum atomic E-state index is 0.282. The molecule has 82 valence electrons. The molecular weight excluding hydrogens is 266 g/mol. The topological polar surface area (TPSA) is 36.9 Å². The van der Waals surface area contributed by atoms with Crippen LogP contribution in [0.4, 0.5) is 0 Å². The van der Waals surface area contributed by atoms with Crippen LogP contribution in [0.2, 0.25) is 0 Å². The summed E-state index contributed by atoms with van der Waals surface area (Å²) in [5.74, 6) is 0.709. The molecule has 0 atom stereocenters. The van der Waals surface area contributed by atoms with Gasteiger partial charge in [0.2, 0.25) is 5.76 Å². The normalized spacial score (nSPS) is 11.0. The molecule has 0 saturated carbocycles. The van der Waals surface area contributed by atoms with Crippen molar-refractivity contribution >= 4 is 26.9 Å². The van der Waals surface area contributed by atoms with Crippen LogP contribution in [-0.4, -0.2) is 0 Å². The lowest BCUT2D eigenvalue weighted by atomic mass is 9.99. The van der Waals surface area contributed by atoms with Gasteiger partial charge in [-0.3, -0.25) is 0 Å². The summed E-state index contributed by atoms with van der Waals surface area (Å²) in [7, 11) is 0. The Labute approximate surface area is 103 Å². The number of benzene rings is 1. The van der Waals surface area contributed by atoms with Gasteiger partial charge in [-0.1, -0.05) is 13.8 Å². The third kappa shape index (κ3) is 1.64. The Hall–Kier alpha value is -1.27. The summed E-state index contributed by atoms with van der Waals surface area (Å²) in [6.45, 7) is 6.18. The van der Waals surface area contributed by atoms with Gasteiger partial charge in [0.1, 0.15) is 11.7 Å². The second-order valence-corrected chi connectivity index (χ2v) is 5.09. The zero-order valence-corrected chi connectivity index (χ0v) is 11.1. The molecule has 0 amide bonds. The van der Waals surface area contributed by atoms with E-state index in [4.69, 9.17) is 9.68 Å². The summed E-state index contributed by atoms with van der Waals surface area (Å²) < 4.78 is 6.50. The Morgan fingerprint density at radius 3 is 2.62 bits per heavy atom. The first-order valence-electron chi connectivity index (χ1n) is 5.17. The zero-order chi connectivity index (χ0) is 11.9. The number of nitrogens with zero attached hydrogens (tertiary/aromatic N) is 1. The Morgan fingerprint density at radius 2 is 2.06 bits per heavy atom. The smallest absolute Gasteiger partial charge is 0.208 e. The summed E-state index contributed by atoms with van der Waals surface area (Å²) >= 11 is 3.47. The van der Waals surface area contributed by atoms with Crippen LogP contribution in [0.15, 0.2) is 21.0 Å². The molecule has 0 fully saturated rings. The summed E-state index contributed by atoms with van der Waals surface area (Å²) in [6.07, 6.45) is 0. The van der Waals surface area contributed by atoms with Gasteiger partial charge >= 0.3 is 0 Å². The number of hydrogen-bond donors (Lipinski definition) is 0. The van der Waals surface area contributed by atoms with Gasteiger partial charge < -0.3 is 4.42 Å². The van der Waals surface area contributed by atoms with E-state index in [-0.39, 0.29) is 5.92 Å². The first kappa shape index (κ1) is 11.2. The number of nitriles is 1. The molecular formula is C13H12BrNO. The molecule has 16 heavy (non-hydrogen) atoms. The molecule has 0 radical (unpaired) electrons. The Bertz CT molecular complexity index is 590. The van der Waals surface area contributed by atoms with Crippen LogP contribution in [0.5, 0.6) is 0 Å². The SMILES string of the molecule is Cc1cc(Br)c2oc(C#N)c(C(C)C)c2c1. The molecule has 0 aliphatic carbocycles. The lowest BCUT2D eigenvalue weighted by molar-refractivity contribution is 0.588. The van der Waals surface area contributed by atoms with E-state index in [9.17, 15) is 0 Å². The zero-order valence-electron chi connectivity index (χ0n) is 9.47. The second-order valence-electron chi connectivity index (χ2n) is 4.23. The number of aryl methyl sites for hydroxylation is 1. The highest BCUT2D eigenvalue weighted by atomic mass is 79.9. The highest BCUT2D eigenvalue weighted by Crippen LogP contribution is 2.36. The molecule has 2 aromatic rings. The van der Waals surface area contributed by atoms with Gasteiger partial charge in [-0.2, -0.15) is 5.26 Å². The molecule has 2 rings (SSSR count). The van der Waals surface area contributed by atoms with Crippen molar-refractivity contribution in [1.82, 2.24) is 0 Å². The molecule has 0 unspecified atom stereocenters. The standard InChI is InChI=1S/C13H12BrNO/c1-7(2)12-9-4-8(3)5-10(14)13(9)16-11(12)6-15/h4-5,7H,1-3H3. The van der Waals surface area contributed by atoms with E-state index in [2.05, 4.69) is 41.9 Å². The van der Waals surface area contributed by atoms with E-state index in [0.717, 1.165) is 26.6 Å². The molecule has 1 aromatic carbocycles. The molecule has 0 spiro atoms. The van der Waals surface area contributed by atoms with Crippen molar-refractivity contribution in [2.24, 2.45) is 0 Å². The maximum absolute atomic E-state index is 9.07. The molecule has 0 saturated heterocycles. The summed E-state index contributed by atoms with van der Waals surface area (Å²) in [5.41, 5.74) is 2.93. The molecule has 2 nitrogen and oxygen atoms in total. The number of fused-ring (bicyclic) bond motifs is 1. The monoisotopic (exact) mass is 277 g/mol. The van der Waals surface area contributed by atoms with Gasteiger partial charge in [-0.15, -0.1) is 0 Å². The van der Waals surface area contributed by atoms with Crippen molar-refractivity contribution < 1.29 is 4.42 Å². The van der Waals surface area contributed by atoms with Gasteiger partial charge in [-0.05, 0) is 46.5 Å². The number of hydrogen-bond acceptors (Lipinski definition) is 2. The fourth-order valence-electron chi connectivity index (χ4n) is 1.97. The maximum atomic E-state index is 9.07. The second kappa shape index (κ2) is 3.95. The largest absolute Gasteiger partial charge is 0.444 e. The molecule has 3 heteroatoms. The van der Waals surface area contributed by atoms with Crippen molar-refractivity contribution in [3.63, 3.8) is 0 Å². The van der Waals surface area contributed by atoms with Gasteiger partial charge in [0.25, 0.3) is 0 Å². The fourth-order valence-corrected chi connectivity index (χ4v) is 2.62. The van der Waals surface area contributed by atoms with E-state index >= 15 is 0 Å². The first-order chi connectivity index (χ1) is 7.54. The number of rotatable bonds is 1. The van der Waals surface area contributed by atoms with Crippen molar-refractivity contribution in [3.8, 4) is 6.07 Å². The quantitative estimate of drug-likeness (QED) is 0.770. The Morgan fingerprint density at radius 1 is 1.38 bits per heavy atom. The van der Waals surface area contributed by atoms with Gasteiger partial charge in [0, 0.05) is 10.9 Å². The van der Waals surface area contributed by atoms with Gasteiger partial charge in [0.05, 0.1) is 4.47 Å². The molecule has 0 aliphatic rings.